The molecule has 0 unspecified atom stereocenters. The second kappa shape index (κ2) is 7.57. The van der Waals surface area contributed by atoms with Crippen molar-refractivity contribution in [3.8, 4) is 0 Å². The third-order valence-electron chi connectivity index (χ3n) is 3.82. The van der Waals surface area contributed by atoms with Crippen molar-refractivity contribution in [3.05, 3.63) is 77.1 Å². The zero-order valence-electron chi connectivity index (χ0n) is 14.3. The van der Waals surface area contributed by atoms with Crippen LogP contribution in [0.1, 0.15) is 22.5 Å². The Kier molecular flexibility index (Phi) is 5.21. The van der Waals surface area contributed by atoms with Gasteiger partial charge in [0, 0.05) is 6.08 Å². The van der Waals surface area contributed by atoms with E-state index in [0.717, 1.165) is 23.7 Å². The van der Waals surface area contributed by atoms with E-state index in [2.05, 4.69) is 9.97 Å². The topological polar surface area (TPSA) is 52.1 Å². The van der Waals surface area contributed by atoms with Gasteiger partial charge in [0.15, 0.2) is 0 Å². The van der Waals surface area contributed by atoms with Gasteiger partial charge in [0.2, 0.25) is 0 Å². The second-order valence-electron chi connectivity index (χ2n) is 5.81. The number of aromatic nitrogens is 2. The number of benzene rings is 2. The quantitative estimate of drug-likeness (QED) is 0.491. The SMILES string of the molecule is Cc1nc2ccccc2nc1COC(=O)/C=C\c1cccc(C(F)(F)F)c1. The lowest BCUT2D eigenvalue weighted by Gasteiger charge is -2.07. The fraction of sp³-hybridized carbons (Fsp3) is 0.150. The molecule has 0 radical (unpaired) electrons. The molecular weight excluding hydrogens is 357 g/mol. The number of ether oxygens (including phenoxy) is 1. The Bertz CT molecular complexity index is 1010. The van der Waals surface area contributed by atoms with Crippen LogP contribution in [-0.2, 0) is 22.3 Å². The predicted octanol–water partition coefficient (Wildman–Crippen LogP) is 4.71. The average Bonchev–Trinajstić information content (AvgIpc) is 2.64. The number of para-hydroxylation sites is 2. The van der Waals surface area contributed by atoms with Crippen LogP contribution >= 0.6 is 0 Å². The van der Waals surface area contributed by atoms with Crippen LogP contribution in [0.25, 0.3) is 17.1 Å². The van der Waals surface area contributed by atoms with E-state index in [1.54, 1.807) is 13.0 Å². The summed E-state index contributed by atoms with van der Waals surface area (Å²) in [7, 11) is 0. The molecule has 3 aromatic rings. The first-order chi connectivity index (χ1) is 12.8. The van der Waals surface area contributed by atoms with E-state index in [9.17, 15) is 18.0 Å². The van der Waals surface area contributed by atoms with Gasteiger partial charge in [-0.25, -0.2) is 14.8 Å². The molecule has 0 aliphatic rings. The highest BCUT2D eigenvalue weighted by molar-refractivity contribution is 5.87. The minimum Gasteiger partial charge on any atom is -0.456 e. The van der Waals surface area contributed by atoms with Gasteiger partial charge in [-0.2, -0.15) is 13.2 Å². The van der Waals surface area contributed by atoms with Crippen LogP contribution in [0.2, 0.25) is 0 Å². The summed E-state index contributed by atoms with van der Waals surface area (Å²) in [5.74, 6) is -0.679. The lowest BCUT2D eigenvalue weighted by Crippen LogP contribution is -2.06. The molecule has 0 saturated heterocycles. The normalized spacial score (nSPS) is 11.9. The maximum Gasteiger partial charge on any atom is 0.416 e. The van der Waals surface area contributed by atoms with Gasteiger partial charge in [0.05, 0.1) is 28.0 Å². The molecule has 4 nitrogen and oxygen atoms in total. The summed E-state index contributed by atoms with van der Waals surface area (Å²) in [6, 6.07) is 12.0. The molecule has 2 aromatic carbocycles. The minimum absolute atomic E-state index is 0.0740. The van der Waals surface area contributed by atoms with E-state index in [1.807, 2.05) is 18.2 Å². The van der Waals surface area contributed by atoms with Crippen LogP contribution < -0.4 is 0 Å². The van der Waals surface area contributed by atoms with Crippen molar-refractivity contribution in [2.24, 2.45) is 0 Å². The van der Waals surface area contributed by atoms with Crippen LogP contribution in [0.3, 0.4) is 0 Å². The van der Waals surface area contributed by atoms with E-state index in [4.69, 9.17) is 4.74 Å². The number of carbonyl (C=O) groups is 1. The molecule has 0 saturated carbocycles. The third kappa shape index (κ3) is 4.69. The number of carbonyl (C=O) groups excluding carboxylic acids is 1. The van der Waals surface area contributed by atoms with E-state index in [0.29, 0.717) is 16.9 Å². The number of nitrogens with zero attached hydrogens (tertiary/aromatic N) is 2. The van der Waals surface area contributed by atoms with Crippen molar-refractivity contribution in [3.63, 3.8) is 0 Å². The van der Waals surface area contributed by atoms with Crippen molar-refractivity contribution in [2.75, 3.05) is 0 Å². The Balaban J connectivity index is 1.66. The lowest BCUT2D eigenvalue weighted by atomic mass is 10.1. The Labute approximate surface area is 153 Å². The maximum atomic E-state index is 12.7. The lowest BCUT2D eigenvalue weighted by molar-refractivity contribution is -0.139. The highest BCUT2D eigenvalue weighted by Crippen LogP contribution is 2.29. The van der Waals surface area contributed by atoms with Gasteiger partial charge in [-0.05, 0) is 42.8 Å². The molecule has 0 atom stereocenters. The summed E-state index contributed by atoms with van der Waals surface area (Å²) in [6.07, 6.45) is -2.08. The molecule has 27 heavy (non-hydrogen) atoms. The molecule has 0 spiro atoms. The zero-order valence-corrected chi connectivity index (χ0v) is 14.3. The maximum absolute atomic E-state index is 12.7. The van der Waals surface area contributed by atoms with Crippen LogP contribution in [0.4, 0.5) is 13.2 Å². The molecule has 7 heteroatoms. The average molecular weight is 372 g/mol. The molecular formula is C20H15F3N2O2. The van der Waals surface area contributed by atoms with Crippen molar-refractivity contribution >= 4 is 23.1 Å². The standard InChI is InChI=1S/C20H15F3N2O2/c1-13-18(25-17-8-3-2-7-16(17)24-13)12-27-19(26)10-9-14-5-4-6-15(11-14)20(21,22)23/h2-11H,12H2,1H3/b10-9-. The Morgan fingerprint density at radius 1 is 1.07 bits per heavy atom. The monoisotopic (exact) mass is 372 g/mol. The van der Waals surface area contributed by atoms with Crippen molar-refractivity contribution in [1.29, 1.82) is 0 Å². The molecule has 1 heterocycles. The summed E-state index contributed by atoms with van der Waals surface area (Å²) >= 11 is 0. The number of aryl methyl sites for hydroxylation is 1. The number of halogens is 3. The second-order valence-corrected chi connectivity index (χ2v) is 5.81. The van der Waals surface area contributed by atoms with E-state index < -0.39 is 17.7 Å². The fourth-order valence-electron chi connectivity index (χ4n) is 2.43. The Morgan fingerprint density at radius 3 is 2.48 bits per heavy atom. The number of hydrogen-bond acceptors (Lipinski definition) is 4. The van der Waals surface area contributed by atoms with Crippen LogP contribution in [-0.4, -0.2) is 15.9 Å². The van der Waals surface area contributed by atoms with Crippen molar-refractivity contribution in [1.82, 2.24) is 9.97 Å². The van der Waals surface area contributed by atoms with Gasteiger partial charge in [-0.15, -0.1) is 0 Å². The third-order valence-corrected chi connectivity index (χ3v) is 3.82. The van der Waals surface area contributed by atoms with E-state index in [-0.39, 0.29) is 12.2 Å². The largest absolute Gasteiger partial charge is 0.456 e. The van der Waals surface area contributed by atoms with Crippen LogP contribution in [0.5, 0.6) is 0 Å². The van der Waals surface area contributed by atoms with E-state index in [1.165, 1.54) is 18.2 Å². The fourth-order valence-corrected chi connectivity index (χ4v) is 2.43. The molecule has 0 aliphatic heterocycles. The van der Waals surface area contributed by atoms with Crippen molar-refractivity contribution in [2.45, 2.75) is 19.7 Å². The molecule has 0 fully saturated rings. The summed E-state index contributed by atoms with van der Waals surface area (Å²) in [4.78, 5) is 20.7. The first kappa shape index (κ1) is 18.6. The number of rotatable bonds is 4. The highest BCUT2D eigenvalue weighted by Gasteiger charge is 2.30. The minimum atomic E-state index is -4.43. The first-order valence-corrected chi connectivity index (χ1v) is 8.07. The molecule has 0 bridgehead atoms. The smallest absolute Gasteiger partial charge is 0.416 e. The summed E-state index contributed by atoms with van der Waals surface area (Å²) in [5.41, 5.74) is 2.07. The summed E-state index contributed by atoms with van der Waals surface area (Å²) < 4.78 is 43.2. The predicted molar refractivity (Wildman–Crippen MR) is 94.5 cm³/mol. The van der Waals surface area contributed by atoms with Crippen LogP contribution in [0, 0.1) is 6.92 Å². The molecule has 0 amide bonds. The molecule has 1 aromatic heterocycles. The molecule has 0 aliphatic carbocycles. The highest BCUT2D eigenvalue weighted by atomic mass is 19.4. The molecule has 0 N–H and O–H groups in total. The Hall–Kier alpha value is -3.22. The summed E-state index contributed by atoms with van der Waals surface area (Å²) in [6.45, 7) is 1.69. The molecule has 138 valence electrons. The van der Waals surface area contributed by atoms with Crippen molar-refractivity contribution < 1.29 is 22.7 Å². The van der Waals surface area contributed by atoms with Crippen LogP contribution in [0.15, 0.2) is 54.6 Å². The van der Waals surface area contributed by atoms with Gasteiger partial charge in [-0.1, -0.05) is 24.3 Å². The van der Waals surface area contributed by atoms with Gasteiger partial charge in [0.25, 0.3) is 0 Å². The first-order valence-electron chi connectivity index (χ1n) is 8.07. The Morgan fingerprint density at radius 2 is 1.78 bits per heavy atom. The zero-order chi connectivity index (χ0) is 19.4. The van der Waals surface area contributed by atoms with Gasteiger partial charge in [-0.3, -0.25) is 0 Å². The van der Waals surface area contributed by atoms with E-state index >= 15 is 0 Å². The number of alkyl halides is 3. The van der Waals surface area contributed by atoms with Gasteiger partial charge in [0.1, 0.15) is 6.61 Å². The molecule has 3 rings (SSSR count). The van der Waals surface area contributed by atoms with Gasteiger partial charge >= 0.3 is 12.1 Å². The number of esters is 1. The van der Waals surface area contributed by atoms with Gasteiger partial charge < -0.3 is 4.74 Å². The number of fused-ring (bicyclic) bond motifs is 1. The summed E-state index contributed by atoms with van der Waals surface area (Å²) in [5, 5.41) is 0. The number of hydrogen-bond donors (Lipinski definition) is 0.